The molecule has 0 amide bonds. The predicted octanol–water partition coefficient (Wildman–Crippen LogP) is 1.78. The van der Waals surface area contributed by atoms with Gasteiger partial charge in [0.25, 0.3) is 0 Å². The summed E-state index contributed by atoms with van der Waals surface area (Å²) >= 11 is 0. The van der Waals surface area contributed by atoms with Crippen LogP contribution in [0.3, 0.4) is 0 Å². The summed E-state index contributed by atoms with van der Waals surface area (Å²) in [5.41, 5.74) is 1.23. The molecule has 1 rings (SSSR count). The van der Waals surface area contributed by atoms with Gasteiger partial charge in [-0.15, -0.1) is 0 Å². The Balaban J connectivity index is 2.61. The van der Waals surface area contributed by atoms with Gasteiger partial charge in [-0.25, -0.2) is 0 Å². The van der Waals surface area contributed by atoms with Crippen LogP contribution in [0.25, 0.3) is 0 Å². The first-order valence-corrected chi connectivity index (χ1v) is 2.34. The van der Waals surface area contributed by atoms with Crippen molar-refractivity contribution in [3.8, 4) is 0 Å². The Bertz CT molecular complexity index is 115. The van der Waals surface area contributed by atoms with E-state index in [9.17, 15) is 0 Å². The Morgan fingerprint density at radius 3 is 2.43 bits per heavy atom. The molecule has 0 fully saturated rings. The van der Waals surface area contributed by atoms with E-state index in [4.69, 9.17) is 5.11 Å². The summed E-state index contributed by atoms with van der Waals surface area (Å²) in [4.78, 5) is 0. The smallest absolute Gasteiger partial charge is 0.0962 e. The summed E-state index contributed by atoms with van der Waals surface area (Å²) in [5.74, 6) is 0.484. The Hall–Kier alpha value is -0.720. The van der Waals surface area contributed by atoms with Crippen molar-refractivity contribution in [1.82, 2.24) is 0 Å². The molecular weight excluding hydrogens is 88.1 g/mol. The molecule has 0 bridgehead atoms. The van der Waals surface area contributed by atoms with Gasteiger partial charge in [0.05, 0.1) is 5.76 Å². The molecule has 0 aromatic rings. The average Bonchev–Trinajstić information content (AvgIpc) is 1.87. The molecule has 0 spiro atoms. The van der Waals surface area contributed by atoms with Gasteiger partial charge in [0.15, 0.2) is 0 Å². The standard InChI is InChI=1S/C6H8O/c1-5-2-3-6(7)4-5/h2-3,7H,4H2,1H3. The lowest BCUT2D eigenvalue weighted by atomic mass is 10.3. The van der Waals surface area contributed by atoms with Crippen LogP contribution in [0.15, 0.2) is 23.5 Å². The fourth-order valence-electron chi connectivity index (χ4n) is 0.642. The second-order valence-electron chi connectivity index (χ2n) is 1.85. The largest absolute Gasteiger partial charge is 0.512 e. The zero-order valence-corrected chi connectivity index (χ0v) is 4.31. The molecular formula is C6H8O. The SMILES string of the molecule is CC1=CC=C(O)C1. The minimum Gasteiger partial charge on any atom is -0.512 e. The number of hydrogen-bond donors (Lipinski definition) is 1. The van der Waals surface area contributed by atoms with Crippen molar-refractivity contribution in [1.29, 1.82) is 0 Å². The molecule has 1 heteroatoms. The molecule has 0 radical (unpaired) electrons. The van der Waals surface area contributed by atoms with Crippen molar-refractivity contribution in [2.75, 3.05) is 0 Å². The zero-order chi connectivity index (χ0) is 5.28. The van der Waals surface area contributed by atoms with Gasteiger partial charge >= 0.3 is 0 Å². The van der Waals surface area contributed by atoms with Crippen LogP contribution < -0.4 is 0 Å². The summed E-state index contributed by atoms with van der Waals surface area (Å²) in [6.45, 7) is 2.00. The highest BCUT2D eigenvalue weighted by Crippen LogP contribution is 2.14. The van der Waals surface area contributed by atoms with E-state index in [1.807, 2.05) is 13.0 Å². The Kier molecular flexibility index (Phi) is 0.895. The molecule has 1 aliphatic carbocycles. The third-order valence-electron chi connectivity index (χ3n) is 1.02. The van der Waals surface area contributed by atoms with Crippen molar-refractivity contribution < 1.29 is 5.11 Å². The third-order valence-corrected chi connectivity index (χ3v) is 1.02. The van der Waals surface area contributed by atoms with Crippen LogP contribution in [0.5, 0.6) is 0 Å². The van der Waals surface area contributed by atoms with Gasteiger partial charge in [0.2, 0.25) is 0 Å². The quantitative estimate of drug-likeness (QED) is 0.487. The van der Waals surface area contributed by atoms with E-state index in [-0.39, 0.29) is 0 Å². The van der Waals surface area contributed by atoms with E-state index in [0.717, 1.165) is 6.42 Å². The topological polar surface area (TPSA) is 20.2 Å². The Morgan fingerprint density at radius 2 is 2.29 bits per heavy atom. The summed E-state index contributed by atoms with van der Waals surface area (Å²) in [6, 6.07) is 0. The normalized spacial score (nSPS) is 19.0. The van der Waals surface area contributed by atoms with E-state index in [1.54, 1.807) is 6.08 Å². The first-order chi connectivity index (χ1) is 3.29. The van der Waals surface area contributed by atoms with E-state index >= 15 is 0 Å². The van der Waals surface area contributed by atoms with E-state index < -0.39 is 0 Å². The van der Waals surface area contributed by atoms with Crippen molar-refractivity contribution >= 4 is 0 Å². The molecule has 1 nitrogen and oxygen atoms in total. The molecule has 1 N–H and O–H groups in total. The van der Waals surface area contributed by atoms with Crippen LogP contribution in [-0.2, 0) is 0 Å². The molecule has 0 aliphatic heterocycles. The molecule has 0 aromatic carbocycles. The summed E-state index contributed by atoms with van der Waals surface area (Å²) < 4.78 is 0. The second-order valence-corrected chi connectivity index (χ2v) is 1.85. The van der Waals surface area contributed by atoms with Crippen molar-refractivity contribution in [2.45, 2.75) is 13.3 Å². The summed E-state index contributed by atoms with van der Waals surface area (Å²) in [5, 5.41) is 8.71. The van der Waals surface area contributed by atoms with E-state index in [0.29, 0.717) is 5.76 Å². The van der Waals surface area contributed by atoms with Gasteiger partial charge in [0, 0.05) is 6.42 Å². The van der Waals surface area contributed by atoms with Gasteiger partial charge in [0.1, 0.15) is 0 Å². The first-order valence-electron chi connectivity index (χ1n) is 2.34. The lowest BCUT2D eigenvalue weighted by Gasteiger charge is -1.86. The fourth-order valence-corrected chi connectivity index (χ4v) is 0.642. The predicted molar refractivity (Wildman–Crippen MR) is 29.1 cm³/mol. The van der Waals surface area contributed by atoms with Crippen LogP contribution in [0, 0.1) is 0 Å². The fraction of sp³-hybridized carbons (Fsp3) is 0.333. The highest BCUT2D eigenvalue weighted by molar-refractivity contribution is 5.24. The number of allylic oxidation sites excluding steroid dienone is 3. The van der Waals surface area contributed by atoms with Crippen molar-refractivity contribution in [3.63, 3.8) is 0 Å². The van der Waals surface area contributed by atoms with Crippen LogP contribution in [-0.4, -0.2) is 5.11 Å². The van der Waals surface area contributed by atoms with Crippen molar-refractivity contribution in [3.05, 3.63) is 23.5 Å². The Morgan fingerprint density at radius 1 is 1.57 bits per heavy atom. The molecule has 0 unspecified atom stereocenters. The number of aliphatic hydroxyl groups excluding tert-OH is 1. The number of hydrogen-bond acceptors (Lipinski definition) is 1. The van der Waals surface area contributed by atoms with Gasteiger partial charge in [-0.2, -0.15) is 0 Å². The van der Waals surface area contributed by atoms with Gasteiger partial charge < -0.3 is 5.11 Å². The summed E-state index contributed by atoms with van der Waals surface area (Å²) in [6.07, 6.45) is 4.41. The van der Waals surface area contributed by atoms with Gasteiger partial charge in [-0.05, 0) is 13.0 Å². The molecule has 38 valence electrons. The van der Waals surface area contributed by atoms with E-state index in [1.165, 1.54) is 5.57 Å². The average molecular weight is 96.1 g/mol. The molecule has 0 aromatic heterocycles. The summed E-state index contributed by atoms with van der Waals surface area (Å²) in [7, 11) is 0. The zero-order valence-electron chi connectivity index (χ0n) is 4.31. The molecule has 7 heavy (non-hydrogen) atoms. The van der Waals surface area contributed by atoms with Crippen LogP contribution in [0.2, 0.25) is 0 Å². The molecule has 0 saturated carbocycles. The second kappa shape index (κ2) is 1.41. The Labute approximate surface area is 43.0 Å². The minimum absolute atomic E-state index is 0.484. The van der Waals surface area contributed by atoms with Gasteiger partial charge in [-0.1, -0.05) is 11.6 Å². The first kappa shape index (κ1) is 4.44. The molecule has 0 saturated heterocycles. The van der Waals surface area contributed by atoms with E-state index in [2.05, 4.69) is 0 Å². The van der Waals surface area contributed by atoms with Crippen molar-refractivity contribution in [2.24, 2.45) is 0 Å². The highest BCUT2D eigenvalue weighted by Gasteiger charge is 1.98. The monoisotopic (exact) mass is 96.1 g/mol. The maximum Gasteiger partial charge on any atom is 0.0962 e. The third kappa shape index (κ3) is 0.829. The molecule has 0 atom stereocenters. The highest BCUT2D eigenvalue weighted by atomic mass is 16.3. The van der Waals surface area contributed by atoms with Crippen LogP contribution in [0.4, 0.5) is 0 Å². The van der Waals surface area contributed by atoms with Gasteiger partial charge in [-0.3, -0.25) is 0 Å². The number of aliphatic hydroxyl groups is 1. The lowest BCUT2D eigenvalue weighted by Crippen LogP contribution is -1.72. The van der Waals surface area contributed by atoms with Crippen LogP contribution >= 0.6 is 0 Å². The maximum atomic E-state index is 8.71. The van der Waals surface area contributed by atoms with Crippen LogP contribution in [0.1, 0.15) is 13.3 Å². The molecule has 0 heterocycles. The lowest BCUT2D eigenvalue weighted by molar-refractivity contribution is 0.402. The maximum absolute atomic E-state index is 8.71. The minimum atomic E-state index is 0.484. The molecule has 1 aliphatic rings. The number of rotatable bonds is 0.